The molecule has 0 saturated heterocycles. The molecule has 0 aromatic rings. The van der Waals surface area contributed by atoms with Gasteiger partial charge in [-0.1, -0.05) is 12.7 Å². The molecule has 0 amide bonds. The topological polar surface area (TPSA) is 52.6 Å². The second kappa shape index (κ2) is 4.79. The number of ether oxygens (including phenoxy) is 2. The molecule has 1 unspecified atom stereocenters. The maximum Gasteiger partial charge on any atom is 0.307 e. The van der Waals surface area contributed by atoms with E-state index in [1.165, 1.54) is 19.9 Å². The number of carbonyl (C=O) groups excluding carboxylic acids is 2. The number of allylic oxidation sites excluding steroid dienone is 2. The number of hydrogen-bond acceptors (Lipinski definition) is 4. The van der Waals surface area contributed by atoms with Crippen molar-refractivity contribution in [3.05, 3.63) is 36.6 Å². The standard InChI is InChI=1S/C12H14O4/c1-4-12(16-10(3)14)7-5-6-11(8-12)15-9(2)13/h4-7H,1,8H2,2-3H3. The van der Waals surface area contributed by atoms with Gasteiger partial charge < -0.3 is 9.47 Å². The predicted octanol–water partition coefficient (Wildman–Crippen LogP) is 1.88. The molecule has 0 aromatic heterocycles. The third-order valence-electron chi connectivity index (χ3n) is 2.07. The molecule has 1 aliphatic carbocycles. The summed E-state index contributed by atoms with van der Waals surface area (Å²) in [5, 5.41) is 0. The van der Waals surface area contributed by atoms with E-state index in [0.717, 1.165) is 0 Å². The van der Waals surface area contributed by atoms with Gasteiger partial charge >= 0.3 is 11.9 Å². The Hall–Kier alpha value is -1.84. The third kappa shape index (κ3) is 3.08. The maximum atomic E-state index is 11.0. The van der Waals surface area contributed by atoms with Crippen LogP contribution in [0.1, 0.15) is 20.3 Å². The second-order valence-corrected chi connectivity index (χ2v) is 3.52. The SMILES string of the molecule is C=CC1(OC(C)=O)C=CC=C(OC(C)=O)C1. The number of rotatable bonds is 3. The molecule has 0 saturated carbocycles. The Morgan fingerprint density at radius 3 is 2.62 bits per heavy atom. The fourth-order valence-corrected chi connectivity index (χ4v) is 1.48. The lowest BCUT2D eigenvalue weighted by Gasteiger charge is -2.29. The summed E-state index contributed by atoms with van der Waals surface area (Å²) in [7, 11) is 0. The van der Waals surface area contributed by atoms with E-state index in [0.29, 0.717) is 5.76 Å². The fraction of sp³-hybridized carbons (Fsp3) is 0.333. The molecule has 0 bridgehead atoms. The lowest BCUT2D eigenvalue weighted by Crippen LogP contribution is -2.32. The summed E-state index contributed by atoms with van der Waals surface area (Å²) in [6.45, 7) is 6.27. The molecular formula is C12H14O4. The van der Waals surface area contributed by atoms with Crippen LogP contribution < -0.4 is 0 Å². The zero-order valence-electron chi connectivity index (χ0n) is 9.36. The van der Waals surface area contributed by atoms with E-state index >= 15 is 0 Å². The first-order valence-corrected chi connectivity index (χ1v) is 4.87. The van der Waals surface area contributed by atoms with Gasteiger partial charge in [0.15, 0.2) is 5.60 Å². The smallest absolute Gasteiger partial charge is 0.307 e. The first-order valence-electron chi connectivity index (χ1n) is 4.87. The molecule has 16 heavy (non-hydrogen) atoms. The summed E-state index contributed by atoms with van der Waals surface area (Å²) < 4.78 is 10.1. The summed E-state index contributed by atoms with van der Waals surface area (Å²) in [4.78, 5) is 21.8. The van der Waals surface area contributed by atoms with Gasteiger partial charge in [-0.2, -0.15) is 0 Å². The van der Waals surface area contributed by atoms with Crippen molar-refractivity contribution in [1.29, 1.82) is 0 Å². The molecule has 1 aliphatic rings. The highest BCUT2D eigenvalue weighted by atomic mass is 16.6. The molecule has 4 heteroatoms. The summed E-state index contributed by atoms with van der Waals surface area (Å²) in [5.74, 6) is -0.355. The van der Waals surface area contributed by atoms with Crippen molar-refractivity contribution in [2.75, 3.05) is 0 Å². The highest BCUT2D eigenvalue weighted by Crippen LogP contribution is 2.28. The van der Waals surface area contributed by atoms with Crippen LogP contribution in [0.2, 0.25) is 0 Å². The van der Waals surface area contributed by atoms with Gasteiger partial charge in [-0.15, -0.1) is 0 Å². The van der Waals surface area contributed by atoms with Crippen LogP contribution in [0, 0.1) is 0 Å². The van der Waals surface area contributed by atoms with Gasteiger partial charge in [0, 0.05) is 13.8 Å². The number of carbonyl (C=O) groups is 2. The normalized spacial score (nSPS) is 23.2. The fourth-order valence-electron chi connectivity index (χ4n) is 1.48. The van der Waals surface area contributed by atoms with Gasteiger partial charge in [-0.25, -0.2) is 0 Å². The Bertz CT molecular complexity index is 378. The largest absolute Gasteiger partial charge is 0.450 e. The van der Waals surface area contributed by atoms with Gasteiger partial charge in [-0.05, 0) is 18.2 Å². The van der Waals surface area contributed by atoms with E-state index in [1.54, 1.807) is 18.2 Å². The van der Waals surface area contributed by atoms with Crippen molar-refractivity contribution in [2.45, 2.75) is 25.9 Å². The van der Waals surface area contributed by atoms with Crippen molar-refractivity contribution in [3.8, 4) is 0 Å². The lowest BCUT2D eigenvalue weighted by molar-refractivity contribution is -0.149. The van der Waals surface area contributed by atoms with Crippen molar-refractivity contribution in [1.82, 2.24) is 0 Å². The molecule has 0 N–H and O–H groups in total. The van der Waals surface area contributed by atoms with Gasteiger partial charge in [-0.3, -0.25) is 9.59 Å². The number of esters is 2. The van der Waals surface area contributed by atoms with Crippen LogP contribution >= 0.6 is 0 Å². The summed E-state index contributed by atoms with van der Waals surface area (Å²) in [6, 6.07) is 0. The predicted molar refractivity (Wildman–Crippen MR) is 58.3 cm³/mol. The van der Waals surface area contributed by atoms with Gasteiger partial charge in [0.25, 0.3) is 0 Å². The zero-order valence-corrected chi connectivity index (χ0v) is 9.36. The van der Waals surface area contributed by atoms with E-state index in [-0.39, 0.29) is 6.42 Å². The minimum absolute atomic E-state index is 0.284. The van der Waals surface area contributed by atoms with Crippen molar-refractivity contribution < 1.29 is 19.1 Å². The van der Waals surface area contributed by atoms with E-state index in [1.807, 2.05) is 0 Å². The number of hydrogen-bond donors (Lipinski definition) is 0. The summed E-state index contributed by atoms with van der Waals surface area (Å²) in [5.41, 5.74) is -0.911. The van der Waals surface area contributed by atoms with Crippen LogP contribution in [0.4, 0.5) is 0 Å². The van der Waals surface area contributed by atoms with Gasteiger partial charge in [0.1, 0.15) is 5.76 Å². The molecule has 0 aliphatic heterocycles. The first-order chi connectivity index (χ1) is 7.47. The highest BCUT2D eigenvalue weighted by Gasteiger charge is 2.31. The third-order valence-corrected chi connectivity index (χ3v) is 2.07. The van der Waals surface area contributed by atoms with Crippen LogP contribution in [-0.2, 0) is 19.1 Å². The molecule has 86 valence electrons. The first kappa shape index (κ1) is 12.2. The summed E-state index contributed by atoms with van der Waals surface area (Å²) >= 11 is 0. The average molecular weight is 222 g/mol. The molecule has 1 atom stereocenters. The Labute approximate surface area is 94.2 Å². The van der Waals surface area contributed by atoms with Gasteiger partial charge in [0.2, 0.25) is 0 Å². The van der Waals surface area contributed by atoms with Gasteiger partial charge in [0.05, 0.1) is 6.42 Å². The van der Waals surface area contributed by atoms with E-state index in [4.69, 9.17) is 9.47 Å². The second-order valence-electron chi connectivity index (χ2n) is 3.52. The van der Waals surface area contributed by atoms with Crippen LogP contribution in [-0.4, -0.2) is 17.5 Å². The molecule has 0 fully saturated rings. The molecule has 1 rings (SSSR count). The molecule has 0 radical (unpaired) electrons. The molecular weight excluding hydrogens is 208 g/mol. The molecule has 0 spiro atoms. The van der Waals surface area contributed by atoms with Crippen LogP contribution in [0.15, 0.2) is 36.6 Å². The Balaban J connectivity index is 2.82. The molecule has 0 heterocycles. The van der Waals surface area contributed by atoms with Crippen LogP contribution in [0.3, 0.4) is 0 Å². The van der Waals surface area contributed by atoms with Crippen molar-refractivity contribution in [3.63, 3.8) is 0 Å². The molecule has 0 aromatic carbocycles. The average Bonchev–Trinajstić information content (AvgIpc) is 2.16. The van der Waals surface area contributed by atoms with Crippen molar-refractivity contribution in [2.24, 2.45) is 0 Å². The van der Waals surface area contributed by atoms with E-state index in [9.17, 15) is 9.59 Å². The maximum absolute atomic E-state index is 11.0. The Kier molecular flexibility index (Phi) is 3.66. The quantitative estimate of drug-likeness (QED) is 0.540. The lowest BCUT2D eigenvalue weighted by atomic mass is 9.94. The monoisotopic (exact) mass is 222 g/mol. The van der Waals surface area contributed by atoms with Crippen LogP contribution in [0.25, 0.3) is 0 Å². The highest BCUT2D eigenvalue weighted by molar-refractivity contribution is 5.68. The zero-order chi connectivity index (χ0) is 12.2. The minimum atomic E-state index is -0.911. The van der Waals surface area contributed by atoms with E-state index in [2.05, 4.69) is 6.58 Å². The summed E-state index contributed by atoms with van der Waals surface area (Å²) in [6.07, 6.45) is 6.83. The van der Waals surface area contributed by atoms with Crippen LogP contribution in [0.5, 0.6) is 0 Å². The van der Waals surface area contributed by atoms with Crippen molar-refractivity contribution >= 4 is 11.9 Å². The molecule has 4 nitrogen and oxygen atoms in total. The Morgan fingerprint density at radius 2 is 2.12 bits per heavy atom. The minimum Gasteiger partial charge on any atom is -0.450 e. The Morgan fingerprint density at radius 1 is 1.44 bits per heavy atom. The van der Waals surface area contributed by atoms with E-state index < -0.39 is 17.5 Å².